The number of carboxylic acids is 1. The van der Waals surface area contributed by atoms with Crippen LogP contribution in [0.3, 0.4) is 0 Å². The van der Waals surface area contributed by atoms with Crippen molar-refractivity contribution in [2.75, 3.05) is 13.1 Å². The van der Waals surface area contributed by atoms with Crippen LogP contribution in [0.15, 0.2) is 10.2 Å². The van der Waals surface area contributed by atoms with Gasteiger partial charge >= 0.3 is 5.97 Å². The van der Waals surface area contributed by atoms with Gasteiger partial charge in [-0.2, -0.15) is 0 Å². The van der Waals surface area contributed by atoms with Crippen molar-refractivity contribution < 1.29 is 19.5 Å². The minimum absolute atomic E-state index is 0.186. The molecule has 0 radical (unpaired) electrons. The molecule has 0 aliphatic carbocycles. The predicted octanol–water partition coefficient (Wildman–Crippen LogP) is 2.02. The third kappa shape index (κ3) is 11.5. The number of carbonyl (C=O) groups is 3. The molecule has 0 bridgehead atoms. The Bertz CT molecular complexity index is 569. The summed E-state index contributed by atoms with van der Waals surface area (Å²) >= 11 is 0. The number of hydrogen-bond donors (Lipinski definition) is 3. The van der Waals surface area contributed by atoms with Crippen molar-refractivity contribution in [1.29, 1.82) is 0 Å². The van der Waals surface area contributed by atoms with Crippen LogP contribution in [0, 0.1) is 0 Å². The van der Waals surface area contributed by atoms with E-state index in [2.05, 4.69) is 30.7 Å². The highest BCUT2D eigenvalue weighted by atomic mass is 16.4. The van der Waals surface area contributed by atoms with E-state index in [0.29, 0.717) is 32.1 Å². The van der Waals surface area contributed by atoms with Crippen LogP contribution in [0.25, 0.3) is 20.9 Å². The number of aliphatic carboxylic acids is 1. The van der Waals surface area contributed by atoms with E-state index < -0.39 is 29.9 Å². The van der Waals surface area contributed by atoms with Gasteiger partial charge in [0.2, 0.25) is 11.8 Å². The second kappa shape index (κ2) is 14.4. The lowest BCUT2D eigenvalue weighted by atomic mass is 10.1. The maximum absolute atomic E-state index is 12.3. The van der Waals surface area contributed by atoms with E-state index in [0.717, 1.165) is 0 Å². The highest BCUT2D eigenvalue weighted by molar-refractivity contribution is 5.89. The van der Waals surface area contributed by atoms with Gasteiger partial charge in [-0.25, -0.2) is 4.79 Å². The zero-order valence-corrected chi connectivity index (χ0v) is 14.7. The molecule has 0 aromatic heterocycles. The maximum Gasteiger partial charge on any atom is 0.326 e. The fourth-order valence-electron chi connectivity index (χ4n) is 2.20. The van der Waals surface area contributed by atoms with E-state index in [-0.39, 0.29) is 19.5 Å². The molecule has 0 aliphatic heterocycles. The molecule has 26 heavy (non-hydrogen) atoms. The molecule has 0 aliphatic rings. The van der Waals surface area contributed by atoms with E-state index in [1.54, 1.807) is 0 Å². The number of rotatable bonds is 14. The van der Waals surface area contributed by atoms with E-state index in [1.165, 1.54) is 6.92 Å². The Labute approximate surface area is 150 Å². The van der Waals surface area contributed by atoms with Gasteiger partial charge in [-0.05, 0) is 36.7 Å². The molecule has 0 fully saturated rings. The second-order valence-corrected chi connectivity index (χ2v) is 5.55. The molecular weight excluding hydrogens is 344 g/mol. The summed E-state index contributed by atoms with van der Waals surface area (Å²) in [4.78, 5) is 40.1. The standard InChI is InChI=1S/C14H24N8O4/c1-10(23)19-11(6-2-4-8-17-21-15)13(24)20-12(14(25)26)7-3-5-9-18-22-16/h11-12H,2-9H2,1H3,(H,19,23)(H,20,24)(H,25,26)/t11-,12-/m0/s1. The molecule has 0 saturated heterocycles. The highest BCUT2D eigenvalue weighted by Crippen LogP contribution is 2.06. The Morgan fingerprint density at radius 3 is 1.85 bits per heavy atom. The number of carbonyl (C=O) groups excluding carboxylic acids is 2. The van der Waals surface area contributed by atoms with Crippen LogP contribution in [-0.2, 0) is 14.4 Å². The van der Waals surface area contributed by atoms with E-state index >= 15 is 0 Å². The lowest BCUT2D eigenvalue weighted by Gasteiger charge is -2.21. The third-order valence-electron chi connectivity index (χ3n) is 3.44. The summed E-state index contributed by atoms with van der Waals surface area (Å²) in [5, 5.41) is 20.9. The molecule has 12 heteroatoms. The number of hydrogen-bond acceptors (Lipinski definition) is 5. The van der Waals surface area contributed by atoms with E-state index in [9.17, 15) is 19.5 Å². The van der Waals surface area contributed by atoms with Gasteiger partial charge in [0.05, 0.1) is 0 Å². The van der Waals surface area contributed by atoms with Crippen LogP contribution >= 0.6 is 0 Å². The number of nitrogens with zero attached hydrogens (tertiary/aromatic N) is 6. The quantitative estimate of drug-likeness (QED) is 0.183. The molecule has 0 spiro atoms. The fourth-order valence-corrected chi connectivity index (χ4v) is 2.20. The van der Waals surface area contributed by atoms with Crippen LogP contribution in [0.4, 0.5) is 0 Å². The Morgan fingerprint density at radius 2 is 1.42 bits per heavy atom. The van der Waals surface area contributed by atoms with Crippen molar-refractivity contribution in [3.63, 3.8) is 0 Å². The first-order valence-electron chi connectivity index (χ1n) is 8.24. The molecule has 0 heterocycles. The lowest BCUT2D eigenvalue weighted by Crippen LogP contribution is -2.51. The summed E-state index contributed by atoms with van der Waals surface area (Å²) in [6.45, 7) is 1.81. The first kappa shape index (κ1) is 23.0. The van der Waals surface area contributed by atoms with Gasteiger partial charge in [-0.3, -0.25) is 9.59 Å². The zero-order chi connectivity index (χ0) is 19.8. The van der Waals surface area contributed by atoms with Crippen molar-refractivity contribution in [2.45, 2.75) is 57.5 Å². The van der Waals surface area contributed by atoms with Crippen molar-refractivity contribution in [1.82, 2.24) is 10.6 Å². The average molecular weight is 368 g/mol. The summed E-state index contributed by atoms with van der Waals surface area (Å²) in [5.74, 6) is -2.15. The van der Waals surface area contributed by atoms with Gasteiger partial charge in [0, 0.05) is 29.8 Å². The van der Waals surface area contributed by atoms with E-state index in [4.69, 9.17) is 11.1 Å². The topological polar surface area (TPSA) is 193 Å². The van der Waals surface area contributed by atoms with Gasteiger partial charge in [0.1, 0.15) is 12.1 Å². The van der Waals surface area contributed by atoms with Gasteiger partial charge in [-0.15, -0.1) is 0 Å². The minimum atomic E-state index is -1.17. The summed E-state index contributed by atoms with van der Waals surface area (Å²) in [6, 6.07) is -1.95. The number of amides is 2. The molecule has 0 aromatic carbocycles. The predicted molar refractivity (Wildman–Crippen MR) is 92.9 cm³/mol. The molecule has 0 unspecified atom stereocenters. The second-order valence-electron chi connectivity index (χ2n) is 5.55. The molecular formula is C14H24N8O4. The molecule has 0 aromatic rings. The Kier molecular flexibility index (Phi) is 12.7. The Balaban J connectivity index is 4.61. The summed E-state index contributed by atoms with van der Waals surface area (Å²) in [7, 11) is 0. The van der Waals surface area contributed by atoms with Crippen molar-refractivity contribution in [3.8, 4) is 0 Å². The maximum atomic E-state index is 12.3. The summed E-state index contributed by atoms with van der Waals surface area (Å²) in [6.07, 6.45) is 2.54. The highest BCUT2D eigenvalue weighted by Gasteiger charge is 2.25. The molecule has 0 rings (SSSR count). The van der Waals surface area contributed by atoms with Crippen molar-refractivity contribution >= 4 is 17.8 Å². The normalized spacial score (nSPS) is 12.0. The van der Waals surface area contributed by atoms with Crippen LogP contribution in [0.1, 0.15) is 45.4 Å². The van der Waals surface area contributed by atoms with Gasteiger partial charge in [0.25, 0.3) is 0 Å². The van der Waals surface area contributed by atoms with E-state index in [1.807, 2.05) is 0 Å². The van der Waals surface area contributed by atoms with Gasteiger partial charge in [-0.1, -0.05) is 23.1 Å². The monoisotopic (exact) mass is 368 g/mol. The first-order valence-corrected chi connectivity index (χ1v) is 8.24. The smallest absolute Gasteiger partial charge is 0.326 e. The van der Waals surface area contributed by atoms with Crippen LogP contribution < -0.4 is 10.6 Å². The number of carboxylic acid groups (broad SMARTS) is 1. The Morgan fingerprint density at radius 1 is 0.923 bits per heavy atom. The molecule has 12 nitrogen and oxygen atoms in total. The number of azide groups is 2. The fraction of sp³-hybridized carbons (Fsp3) is 0.786. The zero-order valence-electron chi connectivity index (χ0n) is 14.7. The molecule has 2 atom stereocenters. The minimum Gasteiger partial charge on any atom is -0.480 e. The van der Waals surface area contributed by atoms with Crippen LogP contribution in [0.5, 0.6) is 0 Å². The average Bonchev–Trinajstić information content (AvgIpc) is 2.58. The summed E-state index contributed by atoms with van der Waals surface area (Å²) < 4.78 is 0. The third-order valence-corrected chi connectivity index (χ3v) is 3.44. The van der Waals surface area contributed by atoms with Crippen LogP contribution in [-0.4, -0.2) is 48.1 Å². The van der Waals surface area contributed by atoms with Crippen LogP contribution in [0.2, 0.25) is 0 Å². The molecule has 144 valence electrons. The largest absolute Gasteiger partial charge is 0.480 e. The first-order chi connectivity index (χ1) is 12.4. The van der Waals surface area contributed by atoms with Gasteiger partial charge < -0.3 is 15.7 Å². The van der Waals surface area contributed by atoms with Crippen molar-refractivity contribution in [3.05, 3.63) is 20.9 Å². The molecule has 2 amide bonds. The van der Waals surface area contributed by atoms with Crippen molar-refractivity contribution in [2.24, 2.45) is 10.2 Å². The molecule has 3 N–H and O–H groups in total. The van der Waals surface area contributed by atoms with Gasteiger partial charge in [0.15, 0.2) is 0 Å². The number of unbranched alkanes of at least 4 members (excludes halogenated alkanes) is 2. The lowest BCUT2D eigenvalue weighted by molar-refractivity contribution is -0.142. The SMILES string of the molecule is CC(=O)N[C@@H](CCCCN=[N+]=[N-])C(=O)N[C@@H](CCCCN=[N+]=[N-])C(=O)O. The Hall–Kier alpha value is -2.97. The summed E-state index contributed by atoms with van der Waals surface area (Å²) in [5.41, 5.74) is 16.4. The number of nitrogens with one attached hydrogen (secondary N) is 2. The molecule has 0 saturated carbocycles.